The number of carboxylic acids is 1. The van der Waals surface area contributed by atoms with Crippen LogP contribution in [0.1, 0.15) is 56.5 Å². The minimum Gasteiger partial charge on any atom is -0.480 e. The maximum atomic E-state index is 13.7. The second-order valence-electron chi connectivity index (χ2n) is 11.2. The SMILES string of the molecule is CC(C)(C)c1ccc(Oc2cccc(C3SC(CC(=O)NNc4ccccc4)C(=O)N3[C@@H](CCCN)C(=O)O)c2)cc1. The Balaban J connectivity index is 1.55. The van der Waals surface area contributed by atoms with Crippen LogP contribution in [-0.4, -0.2) is 45.6 Å². The number of benzene rings is 3. The van der Waals surface area contributed by atoms with Gasteiger partial charge in [0.2, 0.25) is 11.8 Å². The lowest BCUT2D eigenvalue weighted by atomic mass is 9.87. The Labute approximate surface area is 250 Å². The Kier molecular flexibility index (Phi) is 10.1. The Hall–Kier alpha value is -4.02. The molecule has 1 aliphatic rings. The summed E-state index contributed by atoms with van der Waals surface area (Å²) in [5, 5.41) is 8.71. The average molecular weight is 591 g/mol. The quantitative estimate of drug-likeness (QED) is 0.205. The van der Waals surface area contributed by atoms with Crippen LogP contribution in [0.3, 0.4) is 0 Å². The summed E-state index contributed by atoms with van der Waals surface area (Å²) in [6.07, 6.45) is 0.535. The molecule has 0 bridgehead atoms. The van der Waals surface area contributed by atoms with Gasteiger partial charge in [-0.3, -0.25) is 20.4 Å². The van der Waals surface area contributed by atoms with Crippen LogP contribution in [0.4, 0.5) is 5.69 Å². The van der Waals surface area contributed by atoms with Crippen LogP contribution in [0, 0.1) is 0 Å². The number of anilines is 1. The summed E-state index contributed by atoms with van der Waals surface area (Å²) in [7, 11) is 0. The molecule has 1 heterocycles. The lowest BCUT2D eigenvalue weighted by Gasteiger charge is -2.30. The number of hydrogen-bond donors (Lipinski definition) is 4. The number of nitrogens with zero attached hydrogens (tertiary/aromatic N) is 1. The number of carbonyl (C=O) groups is 3. The number of hydrogen-bond acceptors (Lipinski definition) is 7. The first-order valence-electron chi connectivity index (χ1n) is 14.0. The predicted molar refractivity (Wildman–Crippen MR) is 165 cm³/mol. The van der Waals surface area contributed by atoms with Crippen molar-refractivity contribution in [2.45, 2.75) is 62.1 Å². The van der Waals surface area contributed by atoms with Crippen molar-refractivity contribution in [2.24, 2.45) is 5.73 Å². The van der Waals surface area contributed by atoms with E-state index in [0.717, 1.165) is 0 Å². The number of amides is 2. The van der Waals surface area contributed by atoms with Crippen molar-refractivity contribution >= 4 is 35.2 Å². The summed E-state index contributed by atoms with van der Waals surface area (Å²) in [5.74, 6) is -0.655. The molecule has 0 aliphatic carbocycles. The van der Waals surface area contributed by atoms with Crippen LogP contribution in [0.2, 0.25) is 0 Å². The third-order valence-corrected chi connectivity index (χ3v) is 8.42. The maximum absolute atomic E-state index is 13.7. The highest BCUT2D eigenvalue weighted by atomic mass is 32.2. The first kappa shape index (κ1) is 30.9. The van der Waals surface area contributed by atoms with Crippen LogP contribution < -0.4 is 21.3 Å². The molecule has 0 radical (unpaired) electrons. The van der Waals surface area contributed by atoms with E-state index < -0.39 is 28.5 Å². The fourth-order valence-electron chi connectivity index (χ4n) is 4.72. The van der Waals surface area contributed by atoms with Gasteiger partial charge >= 0.3 is 5.97 Å². The van der Waals surface area contributed by atoms with Gasteiger partial charge in [-0.15, -0.1) is 11.8 Å². The van der Waals surface area contributed by atoms with Gasteiger partial charge in [0.25, 0.3) is 0 Å². The van der Waals surface area contributed by atoms with Crippen molar-refractivity contribution in [3.05, 3.63) is 90.0 Å². The first-order valence-corrected chi connectivity index (χ1v) is 14.9. The number of nitrogens with one attached hydrogen (secondary N) is 2. The van der Waals surface area contributed by atoms with Gasteiger partial charge in [-0.1, -0.05) is 63.2 Å². The lowest BCUT2D eigenvalue weighted by molar-refractivity contribution is -0.150. The molecular formula is C32H38N4O5S. The molecule has 0 spiro atoms. The van der Waals surface area contributed by atoms with Gasteiger partial charge in [0.1, 0.15) is 22.9 Å². The molecule has 5 N–H and O–H groups in total. The van der Waals surface area contributed by atoms with Crippen LogP contribution in [0.25, 0.3) is 0 Å². The lowest BCUT2D eigenvalue weighted by Crippen LogP contribution is -2.45. The van der Waals surface area contributed by atoms with E-state index in [1.807, 2.05) is 66.7 Å². The summed E-state index contributed by atoms with van der Waals surface area (Å²) in [5.41, 5.74) is 13.8. The third kappa shape index (κ3) is 7.83. The number of aliphatic carboxylic acids is 1. The Morgan fingerprint density at radius 2 is 1.74 bits per heavy atom. The number of thioether (sulfide) groups is 1. The molecule has 2 amide bonds. The fourth-order valence-corrected chi connectivity index (χ4v) is 6.20. The van der Waals surface area contributed by atoms with Gasteiger partial charge < -0.3 is 20.5 Å². The van der Waals surface area contributed by atoms with Crippen LogP contribution in [-0.2, 0) is 19.8 Å². The minimum atomic E-state index is -1.11. The predicted octanol–water partition coefficient (Wildman–Crippen LogP) is 5.44. The van der Waals surface area contributed by atoms with Crippen LogP contribution in [0.5, 0.6) is 11.5 Å². The molecule has 222 valence electrons. The monoisotopic (exact) mass is 590 g/mol. The van der Waals surface area contributed by atoms with Crippen LogP contribution in [0.15, 0.2) is 78.9 Å². The normalized spacial score (nSPS) is 17.5. The van der Waals surface area contributed by atoms with Crippen molar-refractivity contribution in [3.8, 4) is 11.5 Å². The number of ether oxygens (including phenoxy) is 1. The standard InChI is InChI=1S/C32H38N4O5S/c1-32(2,3)22-14-16-24(17-15-22)41-25-12-7-9-21(19-25)30-36(26(31(39)40)13-8-18-33)29(38)27(42-30)20-28(37)35-34-23-10-5-4-6-11-23/h4-7,9-12,14-17,19,26-27,30,34H,8,13,18,20,33H2,1-3H3,(H,35,37)(H,39,40)/t26-,27?,30?/m0/s1. The van der Waals surface area contributed by atoms with Crippen molar-refractivity contribution in [1.29, 1.82) is 0 Å². The number of hydrazine groups is 1. The van der Waals surface area contributed by atoms with E-state index in [1.165, 1.54) is 22.2 Å². The van der Waals surface area contributed by atoms with E-state index in [9.17, 15) is 19.5 Å². The maximum Gasteiger partial charge on any atom is 0.326 e. The smallest absolute Gasteiger partial charge is 0.326 e. The third-order valence-electron chi connectivity index (χ3n) is 6.97. The molecule has 3 aromatic carbocycles. The van der Waals surface area contributed by atoms with Gasteiger partial charge in [0.05, 0.1) is 10.9 Å². The Morgan fingerprint density at radius 3 is 2.38 bits per heavy atom. The summed E-state index contributed by atoms with van der Waals surface area (Å²) >= 11 is 1.27. The summed E-state index contributed by atoms with van der Waals surface area (Å²) in [6, 6.07) is 23.2. The number of carbonyl (C=O) groups excluding carboxylic acids is 2. The molecule has 9 nitrogen and oxygen atoms in total. The molecule has 42 heavy (non-hydrogen) atoms. The summed E-state index contributed by atoms with van der Waals surface area (Å²) < 4.78 is 6.13. The second-order valence-corrected chi connectivity index (χ2v) is 12.5. The zero-order chi connectivity index (χ0) is 30.3. The zero-order valence-corrected chi connectivity index (χ0v) is 24.9. The molecule has 1 saturated heterocycles. The van der Waals surface area contributed by atoms with Crippen molar-refractivity contribution in [3.63, 3.8) is 0 Å². The van der Waals surface area contributed by atoms with Crippen molar-refractivity contribution in [1.82, 2.24) is 10.3 Å². The van der Waals surface area contributed by atoms with E-state index in [1.54, 1.807) is 12.1 Å². The van der Waals surface area contributed by atoms with Gasteiger partial charge in [-0.25, -0.2) is 4.79 Å². The number of nitrogens with two attached hydrogens (primary N) is 1. The van der Waals surface area contributed by atoms with E-state index in [2.05, 4.69) is 31.6 Å². The molecule has 2 unspecified atom stereocenters. The molecule has 1 aliphatic heterocycles. The Morgan fingerprint density at radius 1 is 1.02 bits per heavy atom. The second kappa shape index (κ2) is 13.8. The molecule has 3 aromatic rings. The molecule has 4 rings (SSSR count). The molecule has 0 saturated carbocycles. The number of carboxylic acid groups (broad SMARTS) is 1. The topological polar surface area (TPSA) is 134 Å². The van der Waals surface area contributed by atoms with E-state index in [0.29, 0.717) is 35.7 Å². The summed E-state index contributed by atoms with van der Waals surface area (Å²) in [4.78, 5) is 40.2. The number of para-hydroxylation sites is 1. The van der Waals surface area contributed by atoms with E-state index in [-0.39, 0.29) is 24.2 Å². The first-order chi connectivity index (χ1) is 20.1. The van der Waals surface area contributed by atoms with Crippen LogP contribution >= 0.6 is 11.8 Å². The average Bonchev–Trinajstić information content (AvgIpc) is 3.27. The highest BCUT2D eigenvalue weighted by Gasteiger charge is 2.47. The zero-order valence-electron chi connectivity index (χ0n) is 24.1. The van der Waals surface area contributed by atoms with E-state index >= 15 is 0 Å². The number of rotatable bonds is 12. The fraction of sp³-hybridized carbons (Fsp3) is 0.344. The highest BCUT2D eigenvalue weighted by molar-refractivity contribution is 8.01. The van der Waals surface area contributed by atoms with Gasteiger partial charge in [0.15, 0.2) is 0 Å². The van der Waals surface area contributed by atoms with Crippen molar-refractivity contribution < 1.29 is 24.2 Å². The van der Waals surface area contributed by atoms with E-state index in [4.69, 9.17) is 10.5 Å². The minimum absolute atomic E-state index is 0.0176. The van der Waals surface area contributed by atoms with Crippen molar-refractivity contribution in [2.75, 3.05) is 12.0 Å². The van der Waals surface area contributed by atoms with Gasteiger partial charge in [-0.2, -0.15) is 0 Å². The summed E-state index contributed by atoms with van der Waals surface area (Å²) in [6.45, 7) is 6.74. The highest BCUT2D eigenvalue weighted by Crippen LogP contribution is 2.47. The molecule has 3 atom stereocenters. The molecule has 0 aromatic heterocycles. The molecular weight excluding hydrogens is 552 g/mol. The molecule has 10 heteroatoms. The van der Waals surface area contributed by atoms with Gasteiger partial charge in [-0.05, 0) is 72.3 Å². The Bertz CT molecular complexity index is 1380. The molecule has 1 fully saturated rings. The van der Waals surface area contributed by atoms with Gasteiger partial charge in [0, 0.05) is 6.42 Å². The largest absolute Gasteiger partial charge is 0.480 e.